The van der Waals surface area contributed by atoms with Gasteiger partial charge in [0.15, 0.2) is 9.84 Å². The molecule has 0 aliphatic carbocycles. The van der Waals surface area contributed by atoms with Crippen molar-refractivity contribution in [1.29, 1.82) is 0 Å². The van der Waals surface area contributed by atoms with Crippen molar-refractivity contribution in [3.8, 4) is 0 Å². The fraction of sp³-hybridized carbons (Fsp3) is 0.500. The molecule has 0 aromatic carbocycles. The van der Waals surface area contributed by atoms with E-state index in [-0.39, 0.29) is 11.7 Å². The zero-order valence-corrected chi connectivity index (χ0v) is 12.2. The van der Waals surface area contributed by atoms with Crippen LogP contribution in [0.25, 0.3) is 10.2 Å². The van der Waals surface area contributed by atoms with E-state index < -0.39 is 9.84 Å². The van der Waals surface area contributed by atoms with E-state index in [1.807, 2.05) is 6.92 Å². The van der Waals surface area contributed by atoms with Gasteiger partial charge in [0.25, 0.3) is 0 Å². The summed E-state index contributed by atoms with van der Waals surface area (Å²) in [5.41, 5.74) is 0. The molecule has 5 nitrogen and oxygen atoms in total. The molecule has 2 aromatic heterocycles. The van der Waals surface area contributed by atoms with Gasteiger partial charge in [0, 0.05) is 11.4 Å². The smallest absolute Gasteiger partial charge is 0.150 e. The number of rotatable bonds is 3. The average Bonchev–Trinajstić information content (AvgIpc) is 2.88. The van der Waals surface area contributed by atoms with Crippen molar-refractivity contribution < 1.29 is 8.42 Å². The van der Waals surface area contributed by atoms with E-state index in [9.17, 15) is 8.42 Å². The van der Waals surface area contributed by atoms with E-state index in [2.05, 4.69) is 21.4 Å². The van der Waals surface area contributed by atoms with E-state index in [0.717, 1.165) is 22.5 Å². The number of nitrogens with one attached hydrogen (secondary N) is 1. The molecular formula is C12H15N3O2S2. The summed E-state index contributed by atoms with van der Waals surface area (Å²) in [5.74, 6) is 1.60. The minimum atomic E-state index is -2.81. The number of nitrogens with zero attached hydrogens (tertiary/aromatic N) is 2. The Morgan fingerprint density at radius 2 is 2.32 bits per heavy atom. The van der Waals surface area contributed by atoms with Crippen molar-refractivity contribution >= 4 is 37.2 Å². The Morgan fingerprint density at radius 1 is 1.47 bits per heavy atom. The maximum Gasteiger partial charge on any atom is 0.150 e. The normalized spacial score (nSPS) is 21.8. The number of sulfone groups is 1. The van der Waals surface area contributed by atoms with Gasteiger partial charge in [-0.15, -0.1) is 11.3 Å². The predicted octanol–water partition coefficient (Wildman–Crippen LogP) is 1.85. The Kier molecular flexibility index (Phi) is 3.18. The van der Waals surface area contributed by atoms with Crippen LogP contribution in [0.3, 0.4) is 0 Å². The van der Waals surface area contributed by atoms with Crippen LogP contribution >= 0.6 is 11.3 Å². The Bertz CT molecular complexity index is 709. The Morgan fingerprint density at radius 3 is 3.05 bits per heavy atom. The van der Waals surface area contributed by atoms with Crippen molar-refractivity contribution in [2.24, 2.45) is 5.92 Å². The maximum atomic E-state index is 11.4. The number of hydrogen-bond acceptors (Lipinski definition) is 6. The number of aryl methyl sites for hydroxylation is 1. The summed E-state index contributed by atoms with van der Waals surface area (Å²) in [5, 5.41) is 4.29. The van der Waals surface area contributed by atoms with E-state index in [1.165, 1.54) is 4.88 Å². The van der Waals surface area contributed by atoms with Gasteiger partial charge >= 0.3 is 0 Å². The number of fused-ring (bicyclic) bond motifs is 1. The molecule has 1 N–H and O–H groups in total. The molecule has 1 aliphatic heterocycles. The molecule has 0 bridgehead atoms. The van der Waals surface area contributed by atoms with Gasteiger partial charge in [-0.3, -0.25) is 0 Å². The molecule has 0 saturated carbocycles. The van der Waals surface area contributed by atoms with Gasteiger partial charge < -0.3 is 5.32 Å². The fourth-order valence-corrected chi connectivity index (χ4v) is 5.10. The van der Waals surface area contributed by atoms with Crippen LogP contribution in [0.2, 0.25) is 0 Å². The second-order valence-corrected chi connectivity index (χ2v) is 8.41. The third-order valence-corrected chi connectivity index (χ3v) is 6.13. The van der Waals surface area contributed by atoms with Crippen LogP contribution < -0.4 is 5.32 Å². The SMILES string of the molecule is Cc1cc2c(NCC3CCS(=O)(=O)C3)ncnc2s1. The lowest BCUT2D eigenvalue weighted by molar-refractivity contribution is 0.596. The topological polar surface area (TPSA) is 72.0 Å². The number of hydrogen-bond donors (Lipinski definition) is 1. The van der Waals surface area contributed by atoms with Crippen molar-refractivity contribution in [2.45, 2.75) is 13.3 Å². The van der Waals surface area contributed by atoms with Crippen LogP contribution in [0, 0.1) is 12.8 Å². The molecule has 19 heavy (non-hydrogen) atoms. The third-order valence-electron chi connectivity index (χ3n) is 3.34. The molecule has 1 aliphatic rings. The van der Waals surface area contributed by atoms with Crippen molar-refractivity contribution in [3.63, 3.8) is 0 Å². The molecule has 2 aromatic rings. The van der Waals surface area contributed by atoms with E-state index in [1.54, 1.807) is 17.7 Å². The number of anilines is 1. The standard InChI is InChI=1S/C12H15N3O2S2/c1-8-4-10-11(14-7-15-12(10)18-8)13-5-9-2-3-19(16,17)6-9/h4,7,9H,2-3,5-6H2,1H3,(H,13,14,15). The monoisotopic (exact) mass is 297 g/mol. The lowest BCUT2D eigenvalue weighted by atomic mass is 10.1. The molecule has 0 amide bonds. The summed E-state index contributed by atoms with van der Waals surface area (Å²) in [4.78, 5) is 10.7. The summed E-state index contributed by atoms with van der Waals surface area (Å²) >= 11 is 1.64. The first-order valence-corrected chi connectivity index (χ1v) is 8.83. The van der Waals surface area contributed by atoms with E-state index in [0.29, 0.717) is 12.3 Å². The highest BCUT2D eigenvalue weighted by atomic mass is 32.2. The van der Waals surface area contributed by atoms with Crippen molar-refractivity contribution in [3.05, 3.63) is 17.3 Å². The van der Waals surface area contributed by atoms with Crippen molar-refractivity contribution in [1.82, 2.24) is 9.97 Å². The van der Waals surface area contributed by atoms with Crippen LogP contribution in [0.15, 0.2) is 12.4 Å². The molecule has 3 heterocycles. The van der Waals surface area contributed by atoms with Crippen LogP contribution in [0.5, 0.6) is 0 Å². The lowest BCUT2D eigenvalue weighted by Gasteiger charge is -2.10. The molecule has 102 valence electrons. The molecule has 0 spiro atoms. The third kappa shape index (κ3) is 2.71. The minimum absolute atomic E-state index is 0.190. The Labute approximate surface area is 116 Å². The summed E-state index contributed by atoms with van der Waals surface area (Å²) in [6.07, 6.45) is 2.29. The summed E-state index contributed by atoms with van der Waals surface area (Å²) in [7, 11) is -2.81. The zero-order chi connectivity index (χ0) is 13.5. The second kappa shape index (κ2) is 4.72. The van der Waals surface area contributed by atoms with Crippen LogP contribution in [-0.2, 0) is 9.84 Å². The van der Waals surface area contributed by atoms with Crippen LogP contribution in [0.1, 0.15) is 11.3 Å². The zero-order valence-electron chi connectivity index (χ0n) is 10.6. The van der Waals surface area contributed by atoms with Crippen LogP contribution in [0.4, 0.5) is 5.82 Å². The van der Waals surface area contributed by atoms with Gasteiger partial charge in [-0.25, -0.2) is 18.4 Å². The second-order valence-electron chi connectivity index (χ2n) is 4.95. The summed E-state index contributed by atoms with van der Waals surface area (Å²) in [6.45, 7) is 2.69. The highest BCUT2D eigenvalue weighted by Crippen LogP contribution is 2.28. The van der Waals surface area contributed by atoms with Gasteiger partial charge in [-0.1, -0.05) is 0 Å². The fourth-order valence-electron chi connectivity index (χ4n) is 2.39. The van der Waals surface area contributed by atoms with Gasteiger partial charge in [0.2, 0.25) is 0 Å². The molecular weight excluding hydrogens is 282 g/mol. The molecule has 7 heteroatoms. The first kappa shape index (κ1) is 12.8. The summed E-state index contributed by atoms with van der Waals surface area (Å²) < 4.78 is 22.8. The van der Waals surface area contributed by atoms with Gasteiger partial charge in [-0.05, 0) is 25.3 Å². The largest absolute Gasteiger partial charge is 0.369 e. The average molecular weight is 297 g/mol. The minimum Gasteiger partial charge on any atom is -0.369 e. The highest BCUT2D eigenvalue weighted by molar-refractivity contribution is 7.91. The number of aromatic nitrogens is 2. The predicted molar refractivity (Wildman–Crippen MR) is 77.4 cm³/mol. The molecule has 0 radical (unpaired) electrons. The maximum absolute atomic E-state index is 11.4. The van der Waals surface area contributed by atoms with Gasteiger partial charge in [-0.2, -0.15) is 0 Å². The first-order valence-electron chi connectivity index (χ1n) is 6.19. The number of thiophene rings is 1. The molecule has 1 fully saturated rings. The van der Waals surface area contributed by atoms with Crippen molar-refractivity contribution in [2.75, 3.05) is 23.4 Å². The van der Waals surface area contributed by atoms with E-state index in [4.69, 9.17) is 0 Å². The molecule has 3 rings (SSSR count). The Balaban J connectivity index is 1.75. The Hall–Kier alpha value is -1.21. The first-order chi connectivity index (χ1) is 9.03. The molecule has 1 unspecified atom stereocenters. The highest BCUT2D eigenvalue weighted by Gasteiger charge is 2.27. The molecule has 1 saturated heterocycles. The quantitative estimate of drug-likeness (QED) is 0.936. The van der Waals surface area contributed by atoms with Crippen LogP contribution in [-0.4, -0.2) is 36.4 Å². The van der Waals surface area contributed by atoms with Gasteiger partial charge in [0.05, 0.1) is 16.9 Å². The van der Waals surface area contributed by atoms with E-state index >= 15 is 0 Å². The lowest BCUT2D eigenvalue weighted by Crippen LogP contribution is -2.16. The molecule has 1 atom stereocenters. The summed E-state index contributed by atoms with van der Waals surface area (Å²) in [6, 6.07) is 2.06. The van der Waals surface area contributed by atoms with Gasteiger partial charge in [0.1, 0.15) is 17.0 Å².